The number of esters is 1. The number of aromatic carboxylic acids is 1. The van der Waals surface area contributed by atoms with Crippen molar-refractivity contribution in [1.82, 2.24) is 0 Å². The van der Waals surface area contributed by atoms with Crippen LogP contribution in [0.2, 0.25) is 0 Å². The molecular weight excluding hydrogens is 300 g/mol. The maximum Gasteiger partial charge on any atom is 0.295 e. The number of ether oxygens (including phenoxy) is 1. The SMILES string of the molecule is CC(C)OC(=O)[c-]1cccc1C(=O)O.[Fe].[cH-]1[cH-][cH-][cH-][cH-]1. The Morgan fingerprint density at radius 1 is 1.20 bits per heavy atom. The Balaban J connectivity index is 0.000000507. The predicted molar refractivity (Wildman–Crippen MR) is 71.6 cm³/mol. The van der Waals surface area contributed by atoms with Crippen molar-refractivity contribution in [3.63, 3.8) is 0 Å². The zero-order chi connectivity index (χ0) is 14.3. The molecule has 0 aliphatic rings. The van der Waals surface area contributed by atoms with Crippen molar-refractivity contribution in [1.29, 1.82) is 0 Å². The van der Waals surface area contributed by atoms with Crippen LogP contribution in [-0.2, 0) is 21.8 Å². The maximum atomic E-state index is 11.4. The first-order valence-electron chi connectivity index (χ1n) is 5.89. The van der Waals surface area contributed by atoms with Gasteiger partial charge in [0.1, 0.15) is 0 Å². The van der Waals surface area contributed by atoms with Crippen molar-refractivity contribution in [3.05, 3.63) is 59.7 Å². The molecule has 2 rings (SSSR count). The van der Waals surface area contributed by atoms with E-state index in [1.54, 1.807) is 13.8 Å². The standard InChI is InChI=1S/C10H11O4.C5H5.Fe/c1-6(2)14-10(13)8-5-3-4-7(8)9(11)12;1-2-4-5-3-1;/h3-6H,1-2H3,(H,11,12);1-5H;/q-1;-5;. The quantitative estimate of drug-likeness (QED) is 0.537. The van der Waals surface area contributed by atoms with Gasteiger partial charge in [0.25, 0.3) is 5.97 Å². The van der Waals surface area contributed by atoms with E-state index in [0.29, 0.717) is 0 Å². The first-order valence-corrected chi connectivity index (χ1v) is 5.89. The molecular formula is C15H16FeO4-6. The first kappa shape index (κ1) is 18.2. The third-order valence-corrected chi connectivity index (χ3v) is 2.16. The zero-order valence-corrected chi connectivity index (χ0v) is 12.3. The summed E-state index contributed by atoms with van der Waals surface area (Å²) in [6, 6.07) is 14.3. The molecule has 5 heteroatoms. The Hall–Kier alpha value is -1.84. The van der Waals surface area contributed by atoms with E-state index in [2.05, 4.69) is 0 Å². The van der Waals surface area contributed by atoms with Gasteiger partial charge in [0.2, 0.25) is 5.97 Å². The Kier molecular flexibility index (Phi) is 8.29. The number of carbonyl (C=O) groups excluding carboxylic acids is 1. The largest absolute Gasteiger partial charge is 0.748 e. The fraction of sp³-hybridized carbons (Fsp3) is 0.200. The van der Waals surface area contributed by atoms with Crippen LogP contribution in [0.1, 0.15) is 34.6 Å². The molecule has 0 saturated heterocycles. The van der Waals surface area contributed by atoms with Crippen LogP contribution in [0, 0.1) is 0 Å². The van der Waals surface area contributed by atoms with Gasteiger partial charge in [-0.05, 0) is 19.4 Å². The van der Waals surface area contributed by atoms with Crippen molar-refractivity contribution in [2.75, 3.05) is 0 Å². The molecule has 20 heavy (non-hydrogen) atoms. The maximum absolute atomic E-state index is 11.4. The molecule has 0 fully saturated rings. The van der Waals surface area contributed by atoms with Crippen molar-refractivity contribution < 1.29 is 36.5 Å². The van der Waals surface area contributed by atoms with Crippen LogP contribution in [-0.4, -0.2) is 23.1 Å². The van der Waals surface area contributed by atoms with Crippen LogP contribution in [0.15, 0.2) is 48.5 Å². The first-order chi connectivity index (χ1) is 9.02. The molecule has 0 amide bonds. The zero-order valence-electron chi connectivity index (χ0n) is 11.2. The third-order valence-electron chi connectivity index (χ3n) is 2.16. The number of carboxylic acids is 1. The molecule has 2 aromatic carbocycles. The summed E-state index contributed by atoms with van der Waals surface area (Å²) in [6.07, 6.45) is -0.251. The molecule has 0 aromatic heterocycles. The molecule has 0 bridgehead atoms. The van der Waals surface area contributed by atoms with Crippen LogP contribution >= 0.6 is 0 Å². The molecule has 0 spiro atoms. The molecule has 4 nitrogen and oxygen atoms in total. The third kappa shape index (κ3) is 5.87. The second kappa shape index (κ2) is 9.13. The summed E-state index contributed by atoms with van der Waals surface area (Å²) in [5, 5.41) is 8.73. The summed E-state index contributed by atoms with van der Waals surface area (Å²) < 4.78 is 4.88. The van der Waals surface area contributed by atoms with Gasteiger partial charge in [-0.15, -0.1) is 6.07 Å². The van der Waals surface area contributed by atoms with E-state index in [0.717, 1.165) is 0 Å². The summed E-state index contributed by atoms with van der Waals surface area (Å²) in [5.41, 5.74) is 0.0850. The Morgan fingerprint density at radius 2 is 1.70 bits per heavy atom. The molecule has 0 saturated carbocycles. The molecule has 0 aliphatic carbocycles. The fourth-order valence-electron chi connectivity index (χ4n) is 1.38. The van der Waals surface area contributed by atoms with Crippen LogP contribution in [0.25, 0.3) is 0 Å². The Bertz CT molecular complexity index is 495. The van der Waals surface area contributed by atoms with Crippen molar-refractivity contribution in [2.45, 2.75) is 20.0 Å². The van der Waals surface area contributed by atoms with Crippen molar-refractivity contribution >= 4 is 11.9 Å². The monoisotopic (exact) mass is 316 g/mol. The average molecular weight is 316 g/mol. The number of carboxylic acid groups (broad SMARTS) is 1. The minimum atomic E-state index is -1.12. The van der Waals surface area contributed by atoms with Crippen LogP contribution in [0.4, 0.5) is 0 Å². The van der Waals surface area contributed by atoms with E-state index < -0.39 is 11.9 Å². The molecule has 114 valence electrons. The molecule has 0 radical (unpaired) electrons. The van der Waals surface area contributed by atoms with E-state index in [1.165, 1.54) is 18.2 Å². The van der Waals surface area contributed by atoms with Crippen LogP contribution in [0.3, 0.4) is 0 Å². The van der Waals surface area contributed by atoms with Gasteiger partial charge < -0.3 is 45.0 Å². The normalized spacial score (nSPS) is 9.15. The van der Waals surface area contributed by atoms with Gasteiger partial charge in [-0.25, -0.2) is 0 Å². The summed E-state index contributed by atoms with van der Waals surface area (Å²) in [7, 11) is 0. The fourth-order valence-corrected chi connectivity index (χ4v) is 1.38. The molecule has 1 N–H and O–H groups in total. The molecule has 2 aromatic rings. The number of rotatable bonds is 3. The van der Waals surface area contributed by atoms with Crippen molar-refractivity contribution in [3.8, 4) is 0 Å². The van der Waals surface area contributed by atoms with Gasteiger partial charge in [0.15, 0.2) is 0 Å². The van der Waals surface area contributed by atoms with Gasteiger partial charge in [-0.2, -0.15) is 12.1 Å². The van der Waals surface area contributed by atoms with Crippen LogP contribution in [0.5, 0.6) is 0 Å². The number of hydrogen-bond acceptors (Lipinski definition) is 3. The van der Waals surface area contributed by atoms with Gasteiger partial charge in [-0.1, -0.05) is 5.56 Å². The van der Waals surface area contributed by atoms with Gasteiger partial charge in [0, 0.05) is 17.1 Å². The van der Waals surface area contributed by atoms with E-state index in [4.69, 9.17) is 9.84 Å². The predicted octanol–water partition coefficient (Wildman–Crippen LogP) is 3.07. The van der Waals surface area contributed by atoms with Gasteiger partial charge in [0.05, 0.1) is 6.10 Å². The average Bonchev–Trinajstić information content (AvgIpc) is 3.03. The Labute approximate surface area is 128 Å². The minimum Gasteiger partial charge on any atom is -0.748 e. The number of carbonyl (C=O) groups is 2. The van der Waals surface area contributed by atoms with Gasteiger partial charge >= 0.3 is 0 Å². The molecule has 0 atom stereocenters. The molecule has 0 aliphatic heterocycles. The summed E-state index contributed by atoms with van der Waals surface area (Å²) in [5.74, 6) is -1.71. The summed E-state index contributed by atoms with van der Waals surface area (Å²) >= 11 is 0. The molecule has 0 heterocycles. The van der Waals surface area contributed by atoms with E-state index in [1.807, 2.05) is 30.3 Å². The van der Waals surface area contributed by atoms with E-state index in [-0.39, 0.29) is 34.3 Å². The topological polar surface area (TPSA) is 63.6 Å². The summed E-state index contributed by atoms with van der Waals surface area (Å²) in [6.45, 7) is 3.42. The summed E-state index contributed by atoms with van der Waals surface area (Å²) in [4.78, 5) is 22.0. The van der Waals surface area contributed by atoms with Crippen molar-refractivity contribution in [2.24, 2.45) is 0 Å². The van der Waals surface area contributed by atoms with E-state index in [9.17, 15) is 9.59 Å². The van der Waals surface area contributed by atoms with Gasteiger partial charge in [-0.3, -0.25) is 4.79 Å². The Morgan fingerprint density at radius 3 is 2.10 bits per heavy atom. The van der Waals surface area contributed by atoms with E-state index >= 15 is 0 Å². The van der Waals surface area contributed by atoms with Crippen LogP contribution < -0.4 is 0 Å². The minimum absolute atomic E-state index is 0. The second-order valence-electron chi connectivity index (χ2n) is 4.07. The number of hydrogen-bond donors (Lipinski definition) is 1. The molecule has 0 unspecified atom stereocenters. The second-order valence-corrected chi connectivity index (χ2v) is 4.07. The smallest absolute Gasteiger partial charge is 0.295 e.